The van der Waals surface area contributed by atoms with Gasteiger partial charge in [-0.15, -0.1) is 0 Å². The van der Waals surface area contributed by atoms with Gasteiger partial charge in [-0.3, -0.25) is 0 Å². The van der Waals surface area contributed by atoms with Crippen LogP contribution >= 0.6 is 11.6 Å². The predicted octanol–water partition coefficient (Wildman–Crippen LogP) is 2.98. The average Bonchev–Trinajstić information content (AvgIpc) is 3.47. The highest BCUT2D eigenvalue weighted by molar-refractivity contribution is 6.32. The first-order valence-electron chi connectivity index (χ1n) is 9.44. The standard InChI is InChI=1S/C19H28ClN3O3/c1-2-21-19(22-6-3-7-24-13-14-4-5-14)23-12-15-10-16(20)18-17(11-15)25-8-9-26-18/h10-11,14H,2-9,12-13H2,1H3,(H2,21,22,23). The molecule has 0 atom stereocenters. The zero-order valence-electron chi connectivity index (χ0n) is 15.4. The molecular formula is C19H28ClN3O3. The Balaban J connectivity index is 1.47. The third-order valence-electron chi connectivity index (χ3n) is 4.23. The molecular weight excluding hydrogens is 354 g/mol. The molecule has 0 saturated heterocycles. The highest BCUT2D eigenvalue weighted by atomic mass is 35.5. The van der Waals surface area contributed by atoms with E-state index in [9.17, 15) is 0 Å². The highest BCUT2D eigenvalue weighted by Crippen LogP contribution is 2.38. The molecule has 1 fully saturated rings. The molecule has 0 bridgehead atoms. The number of benzene rings is 1. The summed E-state index contributed by atoms with van der Waals surface area (Å²) in [4.78, 5) is 4.63. The van der Waals surface area contributed by atoms with Gasteiger partial charge in [0, 0.05) is 26.3 Å². The van der Waals surface area contributed by atoms with Crippen molar-refractivity contribution in [2.24, 2.45) is 10.9 Å². The van der Waals surface area contributed by atoms with Gasteiger partial charge in [0.05, 0.1) is 11.6 Å². The van der Waals surface area contributed by atoms with Crippen molar-refractivity contribution >= 4 is 17.6 Å². The maximum Gasteiger partial charge on any atom is 0.191 e. The molecule has 0 amide bonds. The lowest BCUT2D eigenvalue weighted by Crippen LogP contribution is -2.38. The number of aliphatic imine (C=N–C) groups is 1. The summed E-state index contributed by atoms with van der Waals surface area (Å²) in [5.41, 5.74) is 0.990. The first-order valence-corrected chi connectivity index (χ1v) is 9.82. The van der Waals surface area contributed by atoms with Crippen LogP contribution in [0.4, 0.5) is 0 Å². The molecule has 6 nitrogen and oxygen atoms in total. The Morgan fingerprint density at radius 3 is 2.92 bits per heavy atom. The minimum atomic E-state index is 0.518. The van der Waals surface area contributed by atoms with Gasteiger partial charge in [0.1, 0.15) is 13.2 Å². The molecule has 1 saturated carbocycles. The van der Waals surface area contributed by atoms with Crippen LogP contribution in [-0.4, -0.2) is 45.5 Å². The molecule has 2 N–H and O–H groups in total. The maximum atomic E-state index is 6.28. The Labute approximate surface area is 160 Å². The SMILES string of the molecule is CCNC(=NCc1cc(Cl)c2c(c1)OCCO2)NCCCOCC1CC1. The second-order valence-electron chi connectivity index (χ2n) is 6.60. The summed E-state index contributed by atoms with van der Waals surface area (Å²) < 4.78 is 16.8. The smallest absolute Gasteiger partial charge is 0.191 e. The lowest BCUT2D eigenvalue weighted by Gasteiger charge is -2.20. The molecule has 1 aliphatic heterocycles. The van der Waals surface area contributed by atoms with Crippen LogP contribution in [0.3, 0.4) is 0 Å². The normalized spacial score (nSPS) is 16.5. The van der Waals surface area contributed by atoms with Crippen molar-refractivity contribution in [1.29, 1.82) is 0 Å². The van der Waals surface area contributed by atoms with E-state index in [4.69, 9.17) is 25.8 Å². The van der Waals surface area contributed by atoms with Crippen LogP contribution in [0.15, 0.2) is 17.1 Å². The Hall–Kier alpha value is -1.66. The molecule has 0 unspecified atom stereocenters. The Morgan fingerprint density at radius 2 is 2.12 bits per heavy atom. The average molecular weight is 382 g/mol. The van der Waals surface area contributed by atoms with Crippen LogP contribution in [0.5, 0.6) is 11.5 Å². The quantitative estimate of drug-likeness (QED) is 0.391. The van der Waals surface area contributed by atoms with Crippen LogP contribution in [0.25, 0.3) is 0 Å². The number of rotatable bonds is 9. The van der Waals surface area contributed by atoms with E-state index in [-0.39, 0.29) is 0 Å². The van der Waals surface area contributed by atoms with E-state index in [1.165, 1.54) is 12.8 Å². The summed E-state index contributed by atoms with van der Waals surface area (Å²) in [7, 11) is 0. The van der Waals surface area contributed by atoms with Gasteiger partial charge in [0.15, 0.2) is 17.5 Å². The fourth-order valence-electron chi connectivity index (χ4n) is 2.68. The van der Waals surface area contributed by atoms with Crippen LogP contribution in [0, 0.1) is 5.92 Å². The molecule has 1 aromatic carbocycles. The summed E-state index contributed by atoms with van der Waals surface area (Å²) in [6, 6.07) is 3.83. The van der Waals surface area contributed by atoms with E-state index in [1.54, 1.807) is 0 Å². The second-order valence-corrected chi connectivity index (χ2v) is 7.00. The number of hydrogen-bond acceptors (Lipinski definition) is 4. The maximum absolute atomic E-state index is 6.28. The van der Waals surface area contributed by atoms with Crippen molar-refractivity contribution < 1.29 is 14.2 Å². The van der Waals surface area contributed by atoms with Gasteiger partial charge in [-0.25, -0.2) is 4.99 Å². The lowest BCUT2D eigenvalue weighted by atomic mass is 10.2. The van der Waals surface area contributed by atoms with Gasteiger partial charge < -0.3 is 24.8 Å². The summed E-state index contributed by atoms with van der Waals surface area (Å²) >= 11 is 6.28. The fraction of sp³-hybridized carbons (Fsp3) is 0.632. The number of ether oxygens (including phenoxy) is 3. The van der Waals surface area contributed by atoms with Crippen molar-refractivity contribution in [3.8, 4) is 11.5 Å². The minimum Gasteiger partial charge on any atom is -0.486 e. The van der Waals surface area contributed by atoms with E-state index in [1.807, 2.05) is 12.1 Å². The van der Waals surface area contributed by atoms with E-state index in [2.05, 4.69) is 22.5 Å². The number of nitrogens with one attached hydrogen (secondary N) is 2. The lowest BCUT2D eigenvalue weighted by molar-refractivity contribution is 0.123. The van der Waals surface area contributed by atoms with Crippen molar-refractivity contribution in [3.63, 3.8) is 0 Å². The molecule has 3 rings (SSSR count). The largest absolute Gasteiger partial charge is 0.486 e. The first-order chi connectivity index (χ1) is 12.8. The zero-order chi connectivity index (χ0) is 18.2. The van der Waals surface area contributed by atoms with E-state index in [0.717, 1.165) is 50.2 Å². The minimum absolute atomic E-state index is 0.518. The first kappa shape index (κ1) is 19.1. The van der Waals surface area contributed by atoms with Gasteiger partial charge in [-0.05, 0) is 49.8 Å². The molecule has 2 aliphatic rings. The number of hydrogen-bond donors (Lipinski definition) is 2. The molecule has 0 radical (unpaired) electrons. The molecule has 144 valence electrons. The summed E-state index contributed by atoms with van der Waals surface area (Å²) in [6.07, 6.45) is 3.63. The summed E-state index contributed by atoms with van der Waals surface area (Å²) in [5.74, 6) is 2.93. The van der Waals surface area contributed by atoms with Crippen molar-refractivity contribution in [2.45, 2.75) is 32.7 Å². The van der Waals surface area contributed by atoms with Gasteiger partial charge in [-0.1, -0.05) is 11.6 Å². The molecule has 1 aromatic rings. The Bertz CT molecular complexity index is 620. The molecule has 7 heteroatoms. The zero-order valence-corrected chi connectivity index (χ0v) is 16.1. The molecule has 0 spiro atoms. The Kier molecular flexibility index (Phi) is 7.26. The molecule has 1 heterocycles. The van der Waals surface area contributed by atoms with E-state index in [0.29, 0.717) is 36.3 Å². The van der Waals surface area contributed by atoms with Gasteiger partial charge in [-0.2, -0.15) is 0 Å². The third kappa shape index (κ3) is 5.95. The molecule has 0 aromatic heterocycles. The topological polar surface area (TPSA) is 64.1 Å². The fourth-order valence-corrected chi connectivity index (χ4v) is 2.97. The van der Waals surface area contributed by atoms with E-state index < -0.39 is 0 Å². The number of fused-ring (bicyclic) bond motifs is 1. The van der Waals surface area contributed by atoms with Crippen LogP contribution in [0.2, 0.25) is 5.02 Å². The second kappa shape index (κ2) is 9.88. The number of halogens is 1. The van der Waals surface area contributed by atoms with Crippen LogP contribution in [-0.2, 0) is 11.3 Å². The van der Waals surface area contributed by atoms with Gasteiger partial charge in [0.25, 0.3) is 0 Å². The Morgan fingerprint density at radius 1 is 1.27 bits per heavy atom. The number of guanidine groups is 1. The van der Waals surface area contributed by atoms with Crippen molar-refractivity contribution in [3.05, 3.63) is 22.7 Å². The molecule has 26 heavy (non-hydrogen) atoms. The van der Waals surface area contributed by atoms with E-state index >= 15 is 0 Å². The number of nitrogens with zero attached hydrogens (tertiary/aromatic N) is 1. The highest BCUT2D eigenvalue weighted by Gasteiger charge is 2.20. The summed E-state index contributed by atoms with van der Waals surface area (Å²) in [5, 5.41) is 7.17. The summed E-state index contributed by atoms with van der Waals surface area (Å²) in [6.45, 7) is 7.00. The van der Waals surface area contributed by atoms with Crippen molar-refractivity contribution in [1.82, 2.24) is 10.6 Å². The molecule has 1 aliphatic carbocycles. The van der Waals surface area contributed by atoms with Crippen LogP contribution < -0.4 is 20.1 Å². The van der Waals surface area contributed by atoms with Gasteiger partial charge >= 0.3 is 0 Å². The predicted molar refractivity (Wildman–Crippen MR) is 103 cm³/mol. The van der Waals surface area contributed by atoms with Crippen LogP contribution in [0.1, 0.15) is 31.7 Å². The van der Waals surface area contributed by atoms with Gasteiger partial charge in [0.2, 0.25) is 0 Å². The monoisotopic (exact) mass is 381 g/mol. The van der Waals surface area contributed by atoms with Crippen molar-refractivity contribution in [2.75, 3.05) is 39.5 Å². The third-order valence-corrected chi connectivity index (χ3v) is 4.51.